The molecule has 1 amide bonds. The van der Waals surface area contributed by atoms with E-state index in [-0.39, 0.29) is 24.2 Å². The molecule has 0 aliphatic heterocycles. The number of nitrogens with one attached hydrogen (secondary N) is 1. The average Bonchev–Trinajstić information content (AvgIpc) is 2.90. The van der Waals surface area contributed by atoms with Crippen molar-refractivity contribution in [2.24, 2.45) is 5.92 Å². The van der Waals surface area contributed by atoms with E-state index in [1.807, 2.05) is 6.92 Å². The largest absolute Gasteiger partial charge is 0.481 e. The number of rotatable bonds is 6. The van der Waals surface area contributed by atoms with Crippen molar-refractivity contribution >= 4 is 23.2 Å². The van der Waals surface area contributed by atoms with Gasteiger partial charge >= 0.3 is 5.97 Å². The maximum Gasteiger partial charge on any atom is 0.303 e. The second kappa shape index (κ2) is 6.88. The van der Waals surface area contributed by atoms with Crippen molar-refractivity contribution in [3.05, 3.63) is 21.9 Å². The number of carboxylic acids is 1. The van der Waals surface area contributed by atoms with E-state index in [4.69, 9.17) is 5.11 Å². The Balaban J connectivity index is 1.91. The fourth-order valence-corrected chi connectivity index (χ4v) is 3.72. The van der Waals surface area contributed by atoms with Crippen LogP contribution in [-0.4, -0.2) is 23.5 Å². The normalized spacial score (nSPS) is 19.1. The van der Waals surface area contributed by atoms with Crippen molar-refractivity contribution in [2.45, 2.75) is 44.9 Å². The highest BCUT2D eigenvalue weighted by molar-refractivity contribution is 7.10. The average molecular weight is 295 g/mol. The zero-order chi connectivity index (χ0) is 14.5. The number of fused-ring (bicyclic) bond motifs is 1. The second-order valence-electron chi connectivity index (χ2n) is 5.36. The molecule has 0 aromatic carbocycles. The van der Waals surface area contributed by atoms with Crippen molar-refractivity contribution in [3.63, 3.8) is 0 Å². The summed E-state index contributed by atoms with van der Waals surface area (Å²) < 4.78 is 0. The smallest absolute Gasteiger partial charge is 0.303 e. The van der Waals surface area contributed by atoms with Gasteiger partial charge in [-0.25, -0.2) is 0 Å². The van der Waals surface area contributed by atoms with Crippen LogP contribution in [0, 0.1) is 5.92 Å². The molecule has 0 radical (unpaired) electrons. The summed E-state index contributed by atoms with van der Waals surface area (Å²) in [4.78, 5) is 24.4. The Labute approximate surface area is 123 Å². The van der Waals surface area contributed by atoms with Crippen LogP contribution in [0.1, 0.15) is 49.0 Å². The summed E-state index contributed by atoms with van der Waals surface area (Å²) in [5.41, 5.74) is 1.17. The topological polar surface area (TPSA) is 66.4 Å². The maximum absolute atomic E-state index is 12.3. The molecule has 2 N–H and O–H groups in total. The number of aliphatic carboxylic acids is 1. The van der Waals surface area contributed by atoms with Crippen LogP contribution in [0.25, 0.3) is 0 Å². The Bertz CT molecular complexity index is 483. The van der Waals surface area contributed by atoms with Crippen LogP contribution in [0.3, 0.4) is 0 Å². The Hall–Kier alpha value is -1.36. The molecule has 0 bridgehead atoms. The maximum atomic E-state index is 12.3. The zero-order valence-corrected chi connectivity index (χ0v) is 12.5. The molecule has 1 aliphatic carbocycles. The first-order chi connectivity index (χ1) is 9.61. The lowest BCUT2D eigenvalue weighted by molar-refractivity contribution is -0.138. The van der Waals surface area contributed by atoms with Gasteiger partial charge in [0.05, 0.1) is 5.92 Å². The van der Waals surface area contributed by atoms with E-state index in [0.717, 1.165) is 25.7 Å². The number of hydrogen-bond donors (Lipinski definition) is 2. The Kier molecular flexibility index (Phi) is 5.17. The molecule has 1 heterocycles. The van der Waals surface area contributed by atoms with Gasteiger partial charge in [-0.05, 0) is 42.2 Å². The summed E-state index contributed by atoms with van der Waals surface area (Å²) in [7, 11) is 0. The molecule has 2 unspecified atom stereocenters. The Morgan fingerprint density at radius 1 is 1.55 bits per heavy atom. The molecule has 1 aromatic rings. The van der Waals surface area contributed by atoms with Crippen LogP contribution in [0.4, 0.5) is 0 Å². The second-order valence-corrected chi connectivity index (χ2v) is 6.36. The van der Waals surface area contributed by atoms with Gasteiger partial charge < -0.3 is 10.4 Å². The first-order valence-corrected chi connectivity index (χ1v) is 8.05. The summed E-state index contributed by atoms with van der Waals surface area (Å²) in [6.07, 6.45) is 3.91. The molecule has 1 aromatic heterocycles. The Morgan fingerprint density at radius 3 is 3.05 bits per heavy atom. The van der Waals surface area contributed by atoms with E-state index in [1.54, 1.807) is 11.3 Å². The lowest BCUT2D eigenvalue weighted by atomic mass is 9.87. The summed E-state index contributed by atoms with van der Waals surface area (Å²) in [6.45, 7) is 2.41. The van der Waals surface area contributed by atoms with Gasteiger partial charge in [0.1, 0.15) is 0 Å². The zero-order valence-electron chi connectivity index (χ0n) is 11.7. The third kappa shape index (κ3) is 3.60. The minimum Gasteiger partial charge on any atom is -0.481 e. The predicted octanol–water partition coefficient (Wildman–Crippen LogP) is 2.79. The van der Waals surface area contributed by atoms with Gasteiger partial charge in [0.15, 0.2) is 0 Å². The van der Waals surface area contributed by atoms with Crippen molar-refractivity contribution in [1.29, 1.82) is 0 Å². The van der Waals surface area contributed by atoms with Gasteiger partial charge in [0, 0.05) is 17.8 Å². The molecule has 1 aliphatic rings. The van der Waals surface area contributed by atoms with E-state index < -0.39 is 5.97 Å². The van der Waals surface area contributed by atoms with Crippen molar-refractivity contribution < 1.29 is 14.7 Å². The van der Waals surface area contributed by atoms with Crippen LogP contribution in [0.5, 0.6) is 0 Å². The number of carbonyl (C=O) groups excluding carboxylic acids is 1. The van der Waals surface area contributed by atoms with Crippen LogP contribution in [0.2, 0.25) is 0 Å². The highest BCUT2D eigenvalue weighted by atomic mass is 32.1. The molecular weight excluding hydrogens is 274 g/mol. The number of hydrogen-bond acceptors (Lipinski definition) is 3. The molecule has 2 atom stereocenters. The third-order valence-electron chi connectivity index (χ3n) is 3.97. The monoisotopic (exact) mass is 295 g/mol. The molecule has 2 rings (SSSR count). The molecule has 4 nitrogen and oxygen atoms in total. The number of thiophene rings is 1. The quantitative estimate of drug-likeness (QED) is 0.848. The van der Waals surface area contributed by atoms with E-state index >= 15 is 0 Å². The number of amides is 1. The van der Waals surface area contributed by atoms with E-state index in [0.29, 0.717) is 6.54 Å². The van der Waals surface area contributed by atoms with Gasteiger partial charge in [-0.2, -0.15) is 0 Å². The summed E-state index contributed by atoms with van der Waals surface area (Å²) >= 11 is 1.73. The van der Waals surface area contributed by atoms with E-state index in [9.17, 15) is 9.59 Å². The SMILES string of the molecule is CCC(CNC(=O)C1CCCc2sccc21)CC(=O)O. The summed E-state index contributed by atoms with van der Waals surface area (Å²) in [6, 6.07) is 2.05. The fraction of sp³-hybridized carbons (Fsp3) is 0.600. The van der Waals surface area contributed by atoms with Gasteiger partial charge in [-0.1, -0.05) is 13.3 Å². The number of carboxylic acid groups (broad SMARTS) is 1. The molecule has 5 heteroatoms. The van der Waals surface area contributed by atoms with Crippen molar-refractivity contribution in [1.82, 2.24) is 5.32 Å². The fourth-order valence-electron chi connectivity index (χ4n) is 2.73. The lowest BCUT2D eigenvalue weighted by Gasteiger charge is -2.23. The number of carbonyl (C=O) groups is 2. The van der Waals surface area contributed by atoms with Crippen molar-refractivity contribution in [3.8, 4) is 0 Å². The van der Waals surface area contributed by atoms with E-state index in [1.165, 1.54) is 10.4 Å². The Morgan fingerprint density at radius 2 is 2.35 bits per heavy atom. The van der Waals surface area contributed by atoms with Crippen LogP contribution < -0.4 is 5.32 Å². The minimum absolute atomic E-state index is 0.0157. The third-order valence-corrected chi connectivity index (χ3v) is 4.97. The molecule has 0 saturated carbocycles. The highest BCUT2D eigenvalue weighted by Gasteiger charge is 2.27. The molecule has 0 spiro atoms. The highest BCUT2D eigenvalue weighted by Crippen LogP contribution is 2.35. The first kappa shape index (κ1) is 15.0. The van der Waals surface area contributed by atoms with Crippen LogP contribution in [0.15, 0.2) is 11.4 Å². The van der Waals surface area contributed by atoms with E-state index in [2.05, 4.69) is 16.8 Å². The van der Waals surface area contributed by atoms with Gasteiger partial charge in [0.2, 0.25) is 5.91 Å². The van der Waals surface area contributed by atoms with Gasteiger partial charge in [-0.3, -0.25) is 9.59 Å². The summed E-state index contributed by atoms with van der Waals surface area (Å²) in [5.74, 6) is -0.786. The van der Waals surface area contributed by atoms with Crippen LogP contribution >= 0.6 is 11.3 Å². The number of aryl methyl sites for hydroxylation is 1. The standard InChI is InChI=1S/C15H21NO3S/c1-2-10(8-14(17)18)9-16-15(19)12-4-3-5-13-11(12)6-7-20-13/h6-7,10,12H,2-5,8-9H2,1H3,(H,16,19)(H,17,18). The summed E-state index contributed by atoms with van der Waals surface area (Å²) in [5, 5.41) is 13.8. The molecule has 20 heavy (non-hydrogen) atoms. The molecule has 110 valence electrons. The first-order valence-electron chi connectivity index (χ1n) is 7.17. The van der Waals surface area contributed by atoms with Crippen LogP contribution in [-0.2, 0) is 16.0 Å². The molecule has 0 saturated heterocycles. The van der Waals surface area contributed by atoms with Crippen molar-refractivity contribution in [2.75, 3.05) is 6.54 Å². The minimum atomic E-state index is -0.802. The van der Waals surface area contributed by atoms with Gasteiger partial charge in [0.25, 0.3) is 0 Å². The predicted molar refractivity (Wildman–Crippen MR) is 79.0 cm³/mol. The molecule has 0 fully saturated rings. The lowest BCUT2D eigenvalue weighted by Crippen LogP contribution is -2.35. The van der Waals surface area contributed by atoms with Gasteiger partial charge in [-0.15, -0.1) is 11.3 Å². The molecular formula is C15H21NO3S.